The highest BCUT2D eigenvalue weighted by Crippen LogP contribution is 2.19. The maximum atomic E-state index is 13.5. The van der Waals surface area contributed by atoms with Crippen LogP contribution >= 0.6 is 23.2 Å². The second kappa shape index (κ2) is 13.2. The van der Waals surface area contributed by atoms with Crippen LogP contribution in [-0.4, -0.2) is 35.9 Å². The van der Waals surface area contributed by atoms with Crippen molar-refractivity contribution in [3.63, 3.8) is 0 Å². The molecule has 7 heteroatoms. The molecule has 2 amide bonds. The summed E-state index contributed by atoms with van der Waals surface area (Å²) in [5.41, 5.74) is 1.83. The summed E-state index contributed by atoms with van der Waals surface area (Å²) in [5.74, 6) is 0.315. The number of carbonyl (C=O) groups is 2. The largest absolute Gasteiger partial charge is 0.484 e. The van der Waals surface area contributed by atoms with Gasteiger partial charge in [0.1, 0.15) is 11.8 Å². The molecule has 0 aliphatic heterocycles. The molecule has 1 atom stereocenters. The minimum Gasteiger partial charge on any atom is -0.484 e. The summed E-state index contributed by atoms with van der Waals surface area (Å²) in [7, 11) is 0. The molecule has 184 valence electrons. The van der Waals surface area contributed by atoms with Gasteiger partial charge in [0.05, 0.1) is 0 Å². The van der Waals surface area contributed by atoms with E-state index in [0.717, 1.165) is 11.1 Å². The lowest BCUT2D eigenvalue weighted by atomic mass is 10.0. The number of rotatable bonds is 11. The van der Waals surface area contributed by atoms with E-state index >= 15 is 0 Å². The minimum absolute atomic E-state index is 0.198. The van der Waals surface area contributed by atoms with Gasteiger partial charge in [0.2, 0.25) is 5.91 Å². The number of nitrogens with one attached hydrogen (secondary N) is 1. The zero-order chi connectivity index (χ0) is 25.2. The number of halogens is 2. The van der Waals surface area contributed by atoms with E-state index in [2.05, 4.69) is 5.32 Å². The third-order valence-corrected chi connectivity index (χ3v) is 5.90. The van der Waals surface area contributed by atoms with E-state index < -0.39 is 6.04 Å². The maximum absolute atomic E-state index is 13.5. The number of hydrogen-bond acceptors (Lipinski definition) is 3. The maximum Gasteiger partial charge on any atom is 0.261 e. The third-order valence-electron chi connectivity index (χ3n) is 5.40. The smallest absolute Gasteiger partial charge is 0.261 e. The van der Waals surface area contributed by atoms with Crippen molar-refractivity contribution in [2.75, 3.05) is 13.2 Å². The first-order valence-electron chi connectivity index (χ1n) is 11.6. The van der Waals surface area contributed by atoms with Crippen LogP contribution in [-0.2, 0) is 22.6 Å². The van der Waals surface area contributed by atoms with Crippen LogP contribution in [0, 0.1) is 5.92 Å². The summed E-state index contributed by atoms with van der Waals surface area (Å²) in [5, 5.41) is 4.19. The van der Waals surface area contributed by atoms with Gasteiger partial charge in [0.25, 0.3) is 5.91 Å². The Morgan fingerprint density at radius 3 is 2.06 bits per heavy atom. The molecule has 0 radical (unpaired) electrons. The Bertz CT molecular complexity index is 1090. The molecule has 0 heterocycles. The summed E-state index contributed by atoms with van der Waals surface area (Å²) >= 11 is 12.0. The summed E-state index contributed by atoms with van der Waals surface area (Å²) in [6.45, 7) is 4.62. The van der Waals surface area contributed by atoms with Gasteiger partial charge in [-0.1, -0.05) is 79.5 Å². The normalized spacial score (nSPS) is 11.7. The number of nitrogens with zero attached hydrogens (tertiary/aromatic N) is 1. The van der Waals surface area contributed by atoms with Gasteiger partial charge in [-0.2, -0.15) is 0 Å². The molecule has 0 fully saturated rings. The number of carbonyl (C=O) groups excluding carboxylic acids is 2. The molecule has 0 aliphatic carbocycles. The molecule has 0 saturated carbocycles. The highest BCUT2D eigenvalue weighted by molar-refractivity contribution is 6.30. The third kappa shape index (κ3) is 8.61. The van der Waals surface area contributed by atoms with Gasteiger partial charge in [-0.15, -0.1) is 0 Å². The van der Waals surface area contributed by atoms with Gasteiger partial charge in [-0.3, -0.25) is 9.59 Å². The monoisotopic (exact) mass is 512 g/mol. The Kier molecular flexibility index (Phi) is 10.0. The van der Waals surface area contributed by atoms with Gasteiger partial charge in [0, 0.05) is 29.6 Å². The molecule has 5 nitrogen and oxygen atoms in total. The lowest BCUT2D eigenvalue weighted by molar-refractivity contribution is -0.142. The zero-order valence-electron chi connectivity index (χ0n) is 19.9. The van der Waals surface area contributed by atoms with Crippen LogP contribution in [0.3, 0.4) is 0 Å². The van der Waals surface area contributed by atoms with Crippen LogP contribution in [0.15, 0.2) is 78.9 Å². The molecule has 3 aromatic rings. The molecular weight excluding hydrogens is 483 g/mol. The fourth-order valence-electron chi connectivity index (χ4n) is 3.52. The molecule has 3 rings (SSSR count). The molecule has 0 aromatic heterocycles. The van der Waals surface area contributed by atoms with Crippen molar-refractivity contribution < 1.29 is 14.3 Å². The molecule has 35 heavy (non-hydrogen) atoms. The second-order valence-corrected chi connectivity index (χ2v) is 9.61. The van der Waals surface area contributed by atoms with Crippen molar-refractivity contribution in [2.24, 2.45) is 5.92 Å². The van der Waals surface area contributed by atoms with Gasteiger partial charge >= 0.3 is 0 Å². The van der Waals surface area contributed by atoms with E-state index in [1.807, 2.05) is 56.3 Å². The van der Waals surface area contributed by atoms with Crippen LogP contribution in [0.4, 0.5) is 0 Å². The number of amides is 2. The summed E-state index contributed by atoms with van der Waals surface area (Å²) in [6.07, 6.45) is 0.380. The van der Waals surface area contributed by atoms with Crippen molar-refractivity contribution in [1.29, 1.82) is 0 Å². The average molecular weight is 513 g/mol. The van der Waals surface area contributed by atoms with Gasteiger partial charge in [-0.25, -0.2) is 0 Å². The van der Waals surface area contributed by atoms with Gasteiger partial charge < -0.3 is 15.0 Å². The predicted molar refractivity (Wildman–Crippen MR) is 141 cm³/mol. The predicted octanol–water partition coefficient (Wildman–Crippen LogP) is 5.78. The summed E-state index contributed by atoms with van der Waals surface area (Å²) < 4.78 is 5.74. The van der Waals surface area contributed by atoms with Gasteiger partial charge in [0.15, 0.2) is 6.61 Å². The number of ether oxygens (including phenoxy) is 1. The Morgan fingerprint density at radius 2 is 1.46 bits per heavy atom. The topological polar surface area (TPSA) is 58.6 Å². The summed E-state index contributed by atoms with van der Waals surface area (Å²) in [6, 6.07) is 23.0. The van der Waals surface area contributed by atoms with E-state index in [9.17, 15) is 9.59 Å². The fourth-order valence-corrected chi connectivity index (χ4v) is 3.77. The Hall–Kier alpha value is -3.02. The van der Waals surface area contributed by atoms with E-state index in [4.69, 9.17) is 27.9 Å². The Labute approximate surface area is 217 Å². The highest BCUT2D eigenvalue weighted by Gasteiger charge is 2.30. The lowest BCUT2D eigenvalue weighted by Gasteiger charge is -2.31. The minimum atomic E-state index is -0.715. The zero-order valence-corrected chi connectivity index (χ0v) is 21.4. The van der Waals surface area contributed by atoms with Gasteiger partial charge in [-0.05, 0) is 53.4 Å². The lowest BCUT2D eigenvalue weighted by Crippen LogP contribution is -2.52. The van der Waals surface area contributed by atoms with E-state index in [0.29, 0.717) is 28.8 Å². The molecule has 1 N–H and O–H groups in total. The molecular formula is C28H30Cl2N2O3. The van der Waals surface area contributed by atoms with Crippen molar-refractivity contribution >= 4 is 35.0 Å². The Balaban J connectivity index is 1.88. The van der Waals surface area contributed by atoms with Crippen molar-refractivity contribution in [2.45, 2.75) is 32.9 Å². The first-order chi connectivity index (χ1) is 16.8. The fraction of sp³-hybridized carbons (Fsp3) is 0.286. The standard InChI is InChI=1S/C28H30Cl2N2O3/c1-20(2)17-31-28(34)26(16-21-6-4-3-5-7-21)32(18-22-8-10-23(29)11-9-22)27(33)19-35-25-14-12-24(30)13-15-25/h3-15,20,26H,16-19H2,1-2H3,(H,31,34)/t26-/m0/s1. The number of hydrogen-bond donors (Lipinski definition) is 1. The SMILES string of the molecule is CC(C)CNC(=O)[C@H](Cc1ccccc1)N(Cc1ccc(Cl)cc1)C(=O)COc1ccc(Cl)cc1. The first kappa shape index (κ1) is 26.6. The average Bonchev–Trinajstić information content (AvgIpc) is 2.86. The van der Waals surface area contributed by atoms with Crippen LogP contribution in [0.1, 0.15) is 25.0 Å². The van der Waals surface area contributed by atoms with Crippen LogP contribution in [0.2, 0.25) is 10.0 Å². The Morgan fingerprint density at radius 1 is 0.857 bits per heavy atom. The van der Waals surface area contributed by atoms with Crippen LogP contribution < -0.4 is 10.1 Å². The number of benzene rings is 3. The first-order valence-corrected chi connectivity index (χ1v) is 12.3. The molecule has 3 aromatic carbocycles. The van der Waals surface area contributed by atoms with Crippen molar-refractivity contribution in [3.8, 4) is 5.75 Å². The molecule has 0 spiro atoms. The van der Waals surface area contributed by atoms with Crippen LogP contribution in [0.5, 0.6) is 5.75 Å². The molecule has 0 saturated heterocycles. The van der Waals surface area contributed by atoms with E-state index in [1.54, 1.807) is 41.3 Å². The molecule has 0 bridgehead atoms. The molecule has 0 unspecified atom stereocenters. The second-order valence-electron chi connectivity index (χ2n) is 8.74. The van der Waals surface area contributed by atoms with E-state index in [-0.39, 0.29) is 30.9 Å². The van der Waals surface area contributed by atoms with Crippen LogP contribution in [0.25, 0.3) is 0 Å². The quantitative estimate of drug-likeness (QED) is 0.354. The van der Waals surface area contributed by atoms with E-state index in [1.165, 1.54) is 0 Å². The van der Waals surface area contributed by atoms with Crippen molar-refractivity contribution in [1.82, 2.24) is 10.2 Å². The highest BCUT2D eigenvalue weighted by atomic mass is 35.5. The summed E-state index contributed by atoms with van der Waals surface area (Å²) in [4.78, 5) is 28.5. The molecule has 0 aliphatic rings. The van der Waals surface area contributed by atoms with Crippen molar-refractivity contribution in [3.05, 3.63) is 100 Å².